The molecule has 4 saturated carbocycles. The molecular formula is C10H14O3. The van der Waals surface area contributed by atoms with Crippen LogP contribution in [-0.4, -0.2) is 21.8 Å². The summed E-state index contributed by atoms with van der Waals surface area (Å²) in [5.74, 6) is 0.308. The third kappa shape index (κ3) is 0.810. The summed E-state index contributed by atoms with van der Waals surface area (Å²) in [7, 11) is 0. The van der Waals surface area contributed by atoms with Crippen molar-refractivity contribution in [3.8, 4) is 0 Å². The number of carboxylic acids is 1. The molecule has 0 heterocycles. The van der Waals surface area contributed by atoms with E-state index in [-0.39, 0.29) is 0 Å². The summed E-state index contributed by atoms with van der Waals surface area (Å²) < 4.78 is 0. The van der Waals surface area contributed by atoms with Crippen LogP contribution in [-0.2, 0) is 4.79 Å². The molecule has 0 aromatic heterocycles. The van der Waals surface area contributed by atoms with Gasteiger partial charge in [-0.05, 0) is 43.9 Å². The van der Waals surface area contributed by atoms with Crippen molar-refractivity contribution in [3.63, 3.8) is 0 Å². The Morgan fingerprint density at radius 1 is 1.15 bits per heavy atom. The van der Waals surface area contributed by atoms with Crippen molar-refractivity contribution >= 4 is 5.97 Å². The number of aliphatic carboxylic acids is 1. The van der Waals surface area contributed by atoms with Gasteiger partial charge in [0.05, 0.1) is 11.0 Å². The van der Waals surface area contributed by atoms with Crippen LogP contribution in [0.1, 0.15) is 32.1 Å². The number of hydrogen-bond acceptors (Lipinski definition) is 2. The highest BCUT2D eigenvalue weighted by molar-refractivity contribution is 5.76. The van der Waals surface area contributed by atoms with Gasteiger partial charge in [-0.1, -0.05) is 0 Å². The third-order valence-corrected chi connectivity index (χ3v) is 4.38. The second kappa shape index (κ2) is 1.92. The molecule has 13 heavy (non-hydrogen) atoms. The molecule has 3 heteroatoms. The van der Waals surface area contributed by atoms with Gasteiger partial charge in [0.2, 0.25) is 0 Å². The van der Waals surface area contributed by atoms with E-state index in [0.29, 0.717) is 18.3 Å². The van der Waals surface area contributed by atoms with Gasteiger partial charge in [0, 0.05) is 0 Å². The minimum absolute atomic E-state index is 0.495. The van der Waals surface area contributed by atoms with E-state index < -0.39 is 17.0 Å². The minimum atomic E-state index is -0.683. The van der Waals surface area contributed by atoms with Crippen molar-refractivity contribution in [2.45, 2.75) is 37.7 Å². The molecule has 0 amide bonds. The minimum Gasteiger partial charge on any atom is -0.481 e. The fraction of sp³-hybridized carbons (Fsp3) is 0.900. The van der Waals surface area contributed by atoms with Gasteiger partial charge in [-0.25, -0.2) is 0 Å². The first-order chi connectivity index (χ1) is 6.03. The van der Waals surface area contributed by atoms with E-state index in [1.165, 1.54) is 0 Å². The molecule has 0 saturated heterocycles. The zero-order valence-electron chi connectivity index (χ0n) is 7.49. The molecule has 2 atom stereocenters. The van der Waals surface area contributed by atoms with Crippen LogP contribution in [0.25, 0.3) is 0 Å². The normalized spacial score (nSPS) is 57.3. The van der Waals surface area contributed by atoms with Crippen LogP contribution in [0.3, 0.4) is 0 Å². The highest BCUT2D eigenvalue weighted by Gasteiger charge is 2.64. The van der Waals surface area contributed by atoms with Gasteiger partial charge in [-0.15, -0.1) is 0 Å². The highest BCUT2D eigenvalue weighted by atomic mass is 16.4. The Hall–Kier alpha value is -0.570. The first kappa shape index (κ1) is 7.80. The summed E-state index contributed by atoms with van der Waals surface area (Å²) in [5, 5.41) is 19.2. The topological polar surface area (TPSA) is 57.5 Å². The number of carbonyl (C=O) groups is 1. The van der Waals surface area contributed by atoms with Gasteiger partial charge in [-0.3, -0.25) is 4.79 Å². The van der Waals surface area contributed by atoms with Crippen molar-refractivity contribution in [2.24, 2.45) is 17.3 Å². The van der Waals surface area contributed by atoms with E-state index in [0.717, 1.165) is 25.7 Å². The van der Waals surface area contributed by atoms with Crippen molar-refractivity contribution in [3.05, 3.63) is 0 Å². The summed E-state index contributed by atoms with van der Waals surface area (Å²) in [6, 6.07) is 0. The lowest BCUT2D eigenvalue weighted by Crippen LogP contribution is -2.44. The lowest BCUT2D eigenvalue weighted by atomic mass is 9.67. The Morgan fingerprint density at radius 2 is 1.69 bits per heavy atom. The molecule has 4 aliphatic rings. The Bertz CT molecular complexity index is 270. The van der Waals surface area contributed by atoms with Crippen LogP contribution in [0.15, 0.2) is 0 Å². The largest absolute Gasteiger partial charge is 0.481 e. The lowest BCUT2D eigenvalue weighted by molar-refractivity contribution is -0.158. The van der Waals surface area contributed by atoms with Crippen molar-refractivity contribution < 1.29 is 15.0 Å². The Balaban J connectivity index is 2.02. The van der Waals surface area contributed by atoms with Gasteiger partial charge >= 0.3 is 5.97 Å². The molecule has 2 N–H and O–H groups in total. The van der Waals surface area contributed by atoms with Gasteiger partial charge in [0.15, 0.2) is 0 Å². The average Bonchev–Trinajstić information content (AvgIpc) is 2.35. The SMILES string of the molecule is O=C(O)C12CC3CC(O)(CC3C1)C2. The molecule has 4 fully saturated rings. The molecule has 0 aromatic rings. The van der Waals surface area contributed by atoms with Crippen LogP contribution in [0.2, 0.25) is 0 Å². The van der Waals surface area contributed by atoms with E-state index in [4.69, 9.17) is 5.11 Å². The van der Waals surface area contributed by atoms with Crippen molar-refractivity contribution in [1.82, 2.24) is 0 Å². The van der Waals surface area contributed by atoms with E-state index in [1.807, 2.05) is 0 Å². The fourth-order valence-electron chi connectivity index (χ4n) is 4.13. The predicted octanol–water partition coefficient (Wildman–Crippen LogP) is 1.01. The summed E-state index contributed by atoms with van der Waals surface area (Å²) in [6.07, 6.45) is 3.84. The molecule has 4 aliphatic carbocycles. The molecule has 0 aromatic carbocycles. The predicted molar refractivity (Wildman–Crippen MR) is 45.1 cm³/mol. The highest BCUT2D eigenvalue weighted by Crippen LogP contribution is 2.65. The Kier molecular flexibility index (Phi) is 1.15. The van der Waals surface area contributed by atoms with Crippen LogP contribution in [0, 0.1) is 17.3 Å². The van der Waals surface area contributed by atoms with Crippen LogP contribution in [0.4, 0.5) is 0 Å². The molecule has 0 spiro atoms. The van der Waals surface area contributed by atoms with E-state index in [1.54, 1.807) is 0 Å². The average molecular weight is 182 g/mol. The standard InChI is InChI=1S/C10H14O3/c11-8(12)9-1-6-3-10(13,5-9)4-7(6)2-9/h6-7,13H,1-5H2,(H,11,12). The summed E-state index contributed by atoms with van der Waals surface area (Å²) in [5.41, 5.74) is -1.18. The quantitative estimate of drug-likeness (QED) is 0.636. The molecule has 0 aliphatic heterocycles. The lowest BCUT2D eigenvalue weighted by Gasteiger charge is -2.40. The van der Waals surface area contributed by atoms with E-state index in [9.17, 15) is 9.90 Å². The van der Waals surface area contributed by atoms with Crippen molar-refractivity contribution in [2.75, 3.05) is 0 Å². The summed E-state index contributed by atoms with van der Waals surface area (Å²) >= 11 is 0. The molecule has 2 unspecified atom stereocenters. The molecular weight excluding hydrogens is 168 g/mol. The van der Waals surface area contributed by atoms with Crippen molar-refractivity contribution in [1.29, 1.82) is 0 Å². The smallest absolute Gasteiger partial charge is 0.309 e. The van der Waals surface area contributed by atoms with Crippen LogP contribution in [0.5, 0.6) is 0 Å². The fourth-order valence-corrected chi connectivity index (χ4v) is 4.13. The monoisotopic (exact) mass is 182 g/mol. The summed E-state index contributed by atoms with van der Waals surface area (Å²) in [6.45, 7) is 0. The number of carboxylic acid groups (broad SMARTS) is 1. The van der Waals surface area contributed by atoms with E-state index in [2.05, 4.69) is 0 Å². The number of rotatable bonds is 1. The Labute approximate surface area is 76.8 Å². The zero-order chi connectivity index (χ0) is 9.27. The number of aliphatic hydroxyl groups is 1. The Morgan fingerprint density at radius 3 is 2.08 bits per heavy atom. The number of hydrogen-bond donors (Lipinski definition) is 2. The molecule has 72 valence electrons. The van der Waals surface area contributed by atoms with Gasteiger partial charge in [0.25, 0.3) is 0 Å². The maximum atomic E-state index is 11.1. The van der Waals surface area contributed by atoms with Crippen LogP contribution < -0.4 is 0 Å². The molecule has 0 radical (unpaired) electrons. The maximum Gasteiger partial charge on any atom is 0.309 e. The molecule has 4 bridgehead atoms. The summed E-state index contributed by atoms with van der Waals surface area (Å²) in [4.78, 5) is 11.1. The van der Waals surface area contributed by atoms with Crippen LogP contribution >= 0.6 is 0 Å². The van der Waals surface area contributed by atoms with E-state index >= 15 is 0 Å². The first-order valence-electron chi connectivity index (χ1n) is 4.99. The van der Waals surface area contributed by atoms with Gasteiger partial charge < -0.3 is 10.2 Å². The molecule has 4 rings (SSSR count). The second-order valence-electron chi connectivity index (χ2n) is 5.32. The third-order valence-electron chi connectivity index (χ3n) is 4.38. The van der Waals surface area contributed by atoms with Gasteiger partial charge in [-0.2, -0.15) is 0 Å². The maximum absolute atomic E-state index is 11.1. The zero-order valence-corrected chi connectivity index (χ0v) is 7.49. The van der Waals surface area contributed by atoms with Gasteiger partial charge in [0.1, 0.15) is 0 Å². The second-order valence-corrected chi connectivity index (χ2v) is 5.32. The molecule has 3 nitrogen and oxygen atoms in total. The first-order valence-corrected chi connectivity index (χ1v) is 4.99.